The Morgan fingerprint density at radius 2 is 0.960 bits per heavy atom. The van der Waals surface area contributed by atoms with Crippen LogP contribution in [0, 0.1) is 0 Å². The minimum Gasteiger partial charge on any atom is -0.495 e. The molecule has 44 heteroatoms. The van der Waals surface area contributed by atoms with E-state index < -0.39 is 18.0 Å². The molecular weight excluding hydrogens is 1740 g/mol. The molecule has 0 bridgehead atoms. The van der Waals surface area contributed by atoms with Crippen LogP contribution in [0.15, 0.2) is 105 Å². The molecule has 9 amide bonds. The van der Waals surface area contributed by atoms with E-state index in [1.807, 2.05) is 0 Å². The number of anilines is 11. The average Bonchev–Trinajstić information content (AvgIpc) is 0.909. The second-order valence-corrected chi connectivity index (χ2v) is 31.7. The number of carbonyl (C=O) groups is 6. The number of likely N-dealkylation sites (tertiary alicyclic amines) is 2. The van der Waals surface area contributed by atoms with Crippen molar-refractivity contribution >= 4 is 169 Å². The maximum absolute atomic E-state index is 14.1. The van der Waals surface area contributed by atoms with Crippen molar-refractivity contribution in [1.29, 1.82) is 0 Å². The molecule has 1 saturated carbocycles. The van der Waals surface area contributed by atoms with Crippen molar-refractivity contribution in [3.05, 3.63) is 158 Å². The highest BCUT2D eigenvalue weighted by molar-refractivity contribution is 6.44. The molecule has 4 aromatic carbocycles. The second-order valence-electron chi connectivity index (χ2n) is 29.4. The number of aryl methyl sites for hydroxylation is 1. The summed E-state index contributed by atoms with van der Waals surface area (Å²) in [6.07, 6.45) is 16.1. The van der Waals surface area contributed by atoms with E-state index in [1.54, 1.807) is 88.4 Å². The van der Waals surface area contributed by atoms with Gasteiger partial charge < -0.3 is 65.2 Å². The maximum atomic E-state index is 14.1. The number of methoxy groups -OCH3 is 6. The van der Waals surface area contributed by atoms with Gasteiger partial charge in [-0.1, -0.05) is 102 Å². The van der Waals surface area contributed by atoms with Crippen LogP contribution in [0.5, 0.6) is 34.5 Å². The molecule has 38 nitrogen and oxygen atoms in total. The molecule has 125 heavy (non-hydrogen) atoms. The Morgan fingerprint density at radius 1 is 0.520 bits per heavy atom. The van der Waals surface area contributed by atoms with E-state index >= 15 is 0 Å². The predicted molar refractivity (Wildman–Crippen MR) is 477 cm³/mol. The van der Waals surface area contributed by atoms with Gasteiger partial charge in [0.05, 0.1) is 115 Å². The minimum atomic E-state index is -0.438. The molecule has 6 aliphatic rings. The summed E-state index contributed by atoms with van der Waals surface area (Å²) >= 11 is 39.7. The lowest BCUT2D eigenvalue weighted by Gasteiger charge is -2.37. The Kier molecular flexibility index (Phi) is 28.7. The smallest absolute Gasteiger partial charge is 0.330 e. The topological polar surface area (TPSA) is 406 Å². The van der Waals surface area contributed by atoms with Gasteiger partial charge in [-0.2, -0.15) is 20.1 Å². The van der Waals surface area contributed by atoms with Gasteiger partial charge in [-0.15, -0.1) is 5.10 Å². The molecule has 658 valence electrons. The van der Waals surface area contributed by atoms with Crippen LogP contribution in [0.25, 0.3) is 11.4 Å². The molecule has 0 radical (unpaired) electrons. The van der Waals surface area contributed by atoms with Crippen molar-refractivity contribution in [2.75, 3.05) is 141 Å². The first-order valence-electron chi connectivity index (χ1n) is 39.1. The molecular formula is C81H90Cl6N26O12. The third-order valence-electron chi connectivity index (χ3n) is 21.8. The molecule has 10 heterocycles. The predicted octanol–water partition coefficient (Wildman–Crippen LogP) is 12.4. The molecule has 3 fully saturated rings. The quantitative estimate of drug-likeness (QED) is 0.0261. The van der Waals surface area contributed by atoms with Crippen molar-refractivity contribution in [2.24, 2.45) is 7.05 Å². The highest BCUT2D eigenvalue weighted by Gasteiger charge is 2.43. The zero-order chi connectivity index (χ0) is 89.4. The number of hydrogen-bond donors (Lipinski definition) is 7. The third-order valence-corrected chi connectivity index (χ3v) is 24.0. The highest BCUT2D eigenvalue weighted by atomic mass is 35.5. The number of fused-ring (bicyclic) bond motifs is 3. The fourth-order valence-corrected chi connectivity index (χ4v) is 17.4. The number of halogens is 6. The number of aromatic amines is 1. The first-order chi connectivity index (χ1) is 60.1. The zero-order valence-corrected chi connectivity index (χ0v) is 74.2. The highest BCUT2D eigenvalue weighted by Crippen LogP contribution is 2.52. The lowest BCUT2D eigenvalue weighted by molar-refractivity contribution is -0.118. The summed E-state index contributed by atoms with van der Waals surface area (Å²) in [6.45, 7) is 14.7. The number of piperidine rings is 1. The number of urea groups is 3. The summed E-state index contributed by atoms with van der Waals surface area (Å²) in [6, 6.07) is 10.4. The van der Waals surface area contributed by atoms with Crippen LogP contribution in [0.2, 0.25) is 30.1 Å². The van der Waals surface area contributed by atoms with Gasteiger partial charge in [0.15, 0.2) is 5.82 Å². The van der Waals surface area contributed by atoms with Crippen molar-refractivity contribution < 1.29 is 57.2 Å². The average molecular weight is 1830 g/mol. The van der Waals surface area contributed by atoms with Crippen molar-refractivity contribution in [3.8, 4) is 45.9 Å². The Bertz CT molecular complexity index is 5530. The summed E-state index contributed by atoms with van der Waals surface area (Å²) in [7, 11) is 15.9. The van der Waals surface area contributed by atoms with Gasteiger partial charge >= 0.3 is 18.1 Å². The van der Waals surface area contributed by atoms with Crippen molar-refractivity contribution in [1.82, 2.24) is 80.7 Å². The number of nitrogens with one attached hydrogen (secondary N) is 7. The van der Waals surface area contributed by atoms with E-state index in [0.717, 1.165) is 70.8 Å². The molecule has 1 aliphatic carbocycles. The summed E-state index contributed by atoms with van der Waals surface area (Å²) < 4.78 is 33.8. The number of rotatable bonds is 25. The van der Waals surface area contributed by atoms with Crippen LogP contribution >= 0.6 is 69.6 Å². The largest absolute Gasteiger partial charge is 0.495 e. The molecule has 4 atom stereocenters. The van der Waals surface area contributed by atoms with Crippen LogP contribution in [-0.4, -0.2) is 226 Å². The normalized spacial score (nSPS) is 17.6. The van der Waals surface area contributed by atoms with Gasteiger partial charge in [0.25, 0.3) is 0 Å². The van der Waals surface area contributed by atoms with Crippen LogP contribution in [0.4, 0.5) is 78.1 Å². The van der Waals surface area contributed by atoms with Gasteiger partial charge in [-0.05, 0) is 98.7 Å². The fourth-order valence-electron chi connectivity index (χ4n) is 15.3. The number of aromatic nitrogens is 12. The Labute approximate surface area is 748 Å². The monoisotopic (exact) mass is 1830 g/mol. The number of ether oxygens (including phenoxy) is 6. The molecule has 5 aliphatic heterocycles. The van der Waals surface area contributed by atoms with Crippen molar-refractivity contribution in [2.45, 2.75) is 94.9 Å². The molecule has 5 aromatic heterocycles. The molecule has 2 saturated heterocycles. The van der Waals surface area contributed by atoms with Crippen LogP contribution in [0.3, 0.4) is 0 Å². The number of benzene rings is 4. The van der Waals surface area contributed by atoms with Crippen LogP contribution < -0.4 is 89.7 Å². The van der Waals surface area contributed by atoms with E-state index in [-0.39, 0.29) is 121 Å². The zero-order valence-electron chi connectivity index (χ0n) is 69.7. The van der Waals surface area contributed by atoms with Crippen molar-refractivity contribution in [3.63, 3.8) is 0 Å². The molecule has 15 rings (SSSR count). The third kappa shape index (κ3) is 19.3. The molecule has 9 aromatic rings. The first-order valence-corrected chi connectivity index (χ1v) is 41.4. The number of H-pyrrole nitrogens is 1. The van der Waals surface area contributed by atoms with E-state index in [0.29, 0.717) is 115 Å². The van der Waals surface area contributed by atoms with E-state index in [1.165, 1.54) is 88.9 Å². The number of carbonyl (C=O) groups excluding carboxylic acids is 6. The van der Waals surface area contributed by atoms with Gasteiger partial charge in [-0.25, -0.2) is 34.0 Å². The summed E-state index contributed by atoms with van der Waals surface area (Å²) in [5, 5.41) is 38.2. The van der Waals surface area contributed by atoms with Gasteiger partial charge in [0, 0.05) is 118 Å². The lowest BCUT2D eigenvalue weighted by atomic mass is 9.90. The van der Waals surface area contributed by atoms with E-state index in [4.69, 9.17) is 108 Å². The minimum absolute atomic E-state index is 0.0790. The van der Waals surface area contributed by atoms with Crippen LogP contribution in [0.1, 0.15) is 60.9 Å². The van der Waals surface area contributed by atoms with E-state index in [9.17, 15) is 28.8 Å². The summed E-state index contributed by atoms with van der Waals surface area (Å²) in [4.78, 5) is 119. The Hall–Kier alpha value is -12.3. The number of amides is 9. The second kappa shape index (κ2) is 39.7. The summed E-state index contributed by atoms with van der Waals surface area (Å²) in [5.74, 6) is 3.67. The maximum Gasteiger partial charge on any atom is 0.330 e. The van der Waals surface area contributed by atoms with Gasteiger partial charge in [0.1, 0.15) is 82.1 Å². The molecule has 7 N–H and O–H groups in total. The van der Waals surface area contributed by atoms with Gasteiger partial charge in [-0.3, -0.25) is 53.8 Å². The number of nitrogens with zero attached hydrogens (tertiary/aromatic N) is 19. The fraction of sp³-hybridized carbons (Fsp3) is 0.358. The number of hydrogen-bond acceptors (Lipinski definition) is 27. The molecule has 0 spiro atoms. The lowest BCUT2D eigenvalue weighted by Crippen LogP contribution is -2.49. The van der Waals surface area contributed by atoms with Gasteiger partial charge in [0.2, 0.25) is 35.6 Å². The number of tetrazole rings is 1. The van der Waals surface area contributed by atoms with Crippen LogP contribution in [-0.2, 0) is 47.6 Å². The Balaban J connectivity index is 0.000000161. The van der Waals surface area contributed by atoms with E-state index in [2.05, 4.69) is 114 Å². The summed E-state index contributed by atoms with van der Waals surface area (Å²) in [5.41, 5.74) is 5.01. The Morgan fingerprint density at radius 3 is 1.42 bits per heavy atom. The standard InChI is InChI=1S/C28H36Cl2N8O4.C27H30Cl2N8O4.C26H24Cl2N10O4/c1-6-22(39)32-18-14-37(17-7-9-35(2)10-8-17)15-19(18)33-27-31-12-16-13-38(28(40)36(3)26(16)34-27)25-23(29)20(41-4)11-21(42-5)24(25)30;1-4-21(38)32-17-7-5-6-8-18(17)33-26-30-12-15-13-36(24-22(28)19(40-2)11-20(41-3)23(24)29)27(39)37(25(15)34-26)14-16-9-10-31-35-16;1-6-19(39)30-16-9-13(24-33-34-35-37(24)3)7-8-15(16)31-25-29-11-14-12-38(26(40)36(2)23(14)32-25)22-20(27)17(41-4)10-18(42-5)21(22)28/h6,11-12,17-19H,1,7-10,13-15H2,2-5H3,(H,32,39)(H,31,33,34);4,9-12,17-18H,1,5-8,13-14H2,2-3H3,(H,31,35)(H,32,38)(H,30,33,34);6-11H,1,12H2,2-5H3,(H,30,39)(H,29,31,32)/t;17-,18+;/m.0./s1. The molecule has 2 unspecified atom stereocenters. The SMILES string of the molecule is C=CC(=O)NC1CN(C2CCN(C)CC2)CC1Nc1ncc2c(n1)N(C)C(=O)N(c1c(Cl)c(OC)cc(OC)c1Cl)C2.C=CC(=O)N[C@H]1CCCC[C@H]1Nc1ncc2c(n1)N(Cc1ccn[nH]1)C(=O)N(c1c(Cl)c(OC)cc(OC)c1Cl)C2.C=CC(=O)Nc1cc(-c2nnnn2C)ccc1Nc1ncc2c(n1)N(C)C(=O)N(c1c(Cl)c(OC)cc(OC)c1Cl)C2. The first kappa shape index (κ1) is 90.4.